The third-order valence-corrected chi connectivity index (χ3v) is 2.15. The highest BCUT2D eigenvalue weighted by molar-refractivity contribution is 5.76. The Labute approximate surface area is 89.6 Å². The van der Waals surface area contributed by atoms with Crippen molar-refractivity contribution in [1.82, 2.24) is 0 Å². The summed E-state index contributed by atoms with van der Waals surface area (Å²) in [7, 11) is 0. The lowest BCUT2D eigenvalue weighted by atomic mass is 10.0. The van der Waals surface area contributed by atoms with Gasteiger partial charge in [-0.25, -0.2) is 0 Å². The van der Waals surface area contributed by atoms with E-state index in [-0.39, 0.29) is 5.75 Å². The molecule has 0 aliphatic rings. The minimum absolute atomic E-state index is 0.236. The summed E-state index contributed by atoms with van der Waals surface area (Å²) < 4.78 is 0. The number of rotatable bonds is 5. The van der Waals surface area contributed by atoms with Crippen LogP contribution in [0, 0.1) is 0 Å². The number of hydrogen-bond acceptors (Lipinski definition) is 2. The van der Waals surface area contributed by atoms with E-state index < -0.39 is 0 Å². The van der Waals surface area contributed by atoms with Gasteiger partial charge in [0.2, 0.25) is 0 Å². The number of phenolic OH excluding ortho intramolecular Hbond substituents is 1. The van der Waals surface area contributed by atoms with Crippen LogP contribution in [0.15, 0.2) is 37.4 Å². The van der Waals surface area contributed by atoms with E-state index in [0.29, 0.717) is 18.4 Å². The van der Waals surface area contributed by atoms with E-state index in [1.807, 2.05) is 0 Å². The first kappa shape index (κ1) is 11.2. The summed E-state index contributed by atoms with van der Waals surface area (Å²) >= 11 is 0. The Morgan fingerprint density at radius 1 is 1.13 bits per heavy atom. The molecule has 0 unspecified atom stereocenters. The van der Waals surface area contributed by atoms with E-state index in [4.69, 9.17) is 0 Å². The first-order valence-electron chi connectivity index (χ1n) is 4.74. The number of benzene rings is 1. The summed E-state index contributed by atoms with van der Waals surface area (Å²) in [5.41, 5.74) is 2.03. The Hall–Kier alpha value is -1.83. The van der Waals surface area contributed by atoms with Crippen LogP contribution in [0.5, 0.6) is 5.75 Å². The number of allylic oxidation sites excluding steroid dienone is 2. The molecular weight excluding hydrogens is 188 g/mol. The van der Waals surface area contributed by atoms with Gasteiger partial charge < -0.3 is 5.11 Å². The van der Waals surface area contributed by atoms with Gasteiger partial charge >= 0.3 is 0 Å². The molecule has 15 heavy (non-hydrogen) atoms. The fourth-order valence-electron chi connectivity index (χ4n) is 1.48. The van der Waals surface area contributed by atoms with Crippen molar-refractivity contribution in [2.45, 2.75) is 12.8 Å². The molecule has 2 nitrogen and oxygen atoms in total. The van der Waals surface area contributed by atoms with Crippen molar-refractivity contribution in [3.8, 4) is 5.75 Å². The maximum Gasteiger partial charge on any atom is 0.150 e. The third-order valence-electron chi connectivity index (χ3n) is 2.15. The molecule has 0 bridgehead atoms. The average molecular weight is 202 g/mol. The molecule has 0 saturated carbocycles. The van der Waals surface area contributed by atoms with E-state index >= 15 is 0 Å². The van der Waals surface area contributed by atoms with Crippen LogP contribution < -0.4 is 0 Å². The number of carbonyl (C=O) groups excluding carboxylic acids is 1. The normalized spacial score (nSPS) is 9.60. The Kier molecular flexibility index (Phi) is 3.86. The first-order valence-corrected chi connectivity index (χ1v) is 4.74. The lowest BCUT2D eigenvalue weighted by Crippen LogP contribution is -1.93. The van der Waals surface area contributed by atoms with Crippen LogP contribution in [0.1, 0.15) is 21.5 Å². The molecular formula is C13H14O2. The largest absolute Gasteiger partial charge is 0.507 e. The second-order valence-corrected chi connectivity index (χ2v) is 3.29. The highest BCUT2D eigenvalue weighted by atomic mass is 16.3. The molecule has 0 saturated heterocycles. The van der Waals surface area contributed by atoms with Crippen molar-refractivity contribution in [2.24, 2.45) is 0 Å². The lowest BCUT2D eigenvalue weighted by Gasteiger charge is -2.08. The van der Waals surface area contributed by atoms with Crippen molar-refractivity contribution in [2.75, 3.05) is 0 Å². The van der Waals surface area contributed by atoms with E-state index in [1.165, 1.54) is 0 Å². The molecule has 0 amide bonds. The Bertz CT molecular complexity index is 361. The highest BCUT2D eigenvalue weighted by Gasteiger charge is 2.07. The van der Waals surface area contributed by atoms with Gasteiger partial charge in [-0.3, -0.25) is 4.79 Å². The Morgan fingerprint density at radius 3 is 1.93 bits per heavy atom. The van der Waals surface area contributed by atoms with Crippen LogP contribution in [-0.4, -0.2) is 11.4 Å². The monoisotopic (exact) mass is 202 g/mol. The lowest BCUT2D eigenvalue weighted by molar-refractivity contribution is 0.112. The number of carbonyl (C=O) groups is 1. The van der Waals surface area contributed by atoms with Gasteiger partial charge in [0.15, 0.2) is 0 Å². The predicted octanol–water partition coefficient (Wildman–Crippen LogP) is 2.66. The molecule has 0 heterocycles. The van der Waals surface area contributed by atoms with Crippen LogP contribution in [0.4, 0.5) is 0 Å². The second-order valence-electron chi connectivity index (χ2n) is 3.29. The highest BCUT2D eigenvalue weighted by Crippen LogP contribution is 2.25. The fourth-order valence-corrected chi connectivity index (χ4v) is 1.48. The van der Waals surface area contributed by atoms with Gasteiger partial charge in [-0.05, 0) is 36.1 Å². The van der Waals surface area contributed by atoms with Crippen molar-refractivity contribution in [3.05, 3.63) is 54.1 Å². The SMILES string of the molecule is C=CCc1cc(C=O)cc(CC=C)c1O. The van der Waals surface area contributed by atoms with Gasteiger partial charge in [-0.1, -0.05) is 12.2 Å². The van der Waals surface area contributed by atoms with E-state index in [1.54, 1.807) is 24.3 Å². The van der Waals surface area contributed by atoms with Crippen LogP contribution in [0.25, 0.3) is 0 Å². The standard InChI is InChI=1S/C13H14O2/c1-3-5-11-7-10(9-14)8-12(6-4-2)13(11)15/h3-4,7-9,15H,1-2,5-6H2. The maximum absolute atomic E-state index is 10.7. The number of phenols is 1. The van der Waals surface area contributed by atoms with Crippen LogP contribution in [0.3, 0.4) is 0 Å². The molecule has 0 aliphatic carbocycles. The molecule has 0 radical (unpaired) electrons. The van der Waals surface area contributed by atoms with E-state index in [2.05, 4.69) is 13.2 Å². The zero-order valence-electron chi connectivity index (χ0n) is 8.57. The Morgan fingerprint density at radius 2 is 1.60 bits per heavy atom. The number of aromatic hydroxyl groups is 1. The maximum atomic E-state index is 10.7. The minimum Gasteiger partial charge on any atom is -0.507 e. The molecule has 0 spiro atoms. The van der Waals surface area contributed by atoms with Gasteiger partial charge in [0.25, 0.3) is 0 Å². The molecule has 78 valence electrons. The van der Waals surface area contributed by atoms with Crippen LogP contribution >= 0.6 is 0 Å². The summed E-state index contributed by atoms with van der Waals surface area (Å²) in [6.07, 6.45) is 5.27. The number of hydrogen-bond donors (Lipinski definition) is 1. The third kappa shape index (κ3) is 2.56. The fraction of sp³-hybridized carbons (Fsp3) is 0.154. The van der Waals surface area contributed by atoms with Crippen molar-refractivity contribution < 1.29 is 9.90 Å². The van der Waals surface area contributed by atoms with E-state index in [9.17, 15) is 9.90 Å². The van der Waals surface area contributed by atoms with Gasteiger partial charge in [0.05, 0.1) is 0 Å². The van der Waals surface area contributed by atoms with Crippen molar-refractivity contribution in [1.29, 1.82) is 0 Å². The van der Waals surface area contributed by atoms with Gasteiger partial charge in [0.1, 0.15) is 12.0 Å². The summed E-state index contributed by atoms with van der Waals surface area (Å²) in [6.45, 7) is 7.22. The quantitative estimate of drug-likeness (QED) is 0.588. The van der Waals surface area contributed by atoms with Gasteiger partial charge in [0, 0.05) is 5.56 Å². The summed E-state index contributed by atoms with van der Waals surface area (Å²) in [5.74, 6) is 0.236. The van der Waals surface area contributed by atoms with Crippen molar-refractivity contribution in [3.63, 3.8) is 0 Å². The van der Waals surface area contributed by atoms with Crippen LogP contribution in [-0.2, 0) is 12.8 Å². The summed E-state index contributed by atoms with van der Waals surface area (Å²) in [4.78, 5) is 10.7. The molecule has 1 aromatic carbocycles. The predicted molar refractivity (Wildman–Crippen MR) is 61.3 cm³/mol. The zero-order chi connectivity index (χ0) is 11.3. The average Bonchev–Trinajstić information content (AvgIpc) is 2.24. The molecule has 0 atom stereocenters. The number of aldehydes is 1. The molecule has 2 heteroatoms. The smallest absolute Gasteiger partial charge is 0.150 e. The summed E-state index contributed by atoms with van der Waals surface area (Å²) in [6, 6.07) is 3.35. The molecule has 1 N–H and O–H groups in total. The van der Waals surface area contributed by atoms with Gasteiger partial charge in [-0.15, -0.1) is 13.2 Å². The minimum atomic E-state index is 0.236. The molecule has 0 aliphatic heterocycles. The Balaban J connectivity index is 3.25. The van der Waals surface area contributed by atoms with Crippen LogP contribution in [0.2, 0.25) is 0 Å². The van der Waals surface area contributed by atoms with Gasteiger partial charge in [-0.2, -0.15) is 0 Å². The first-order chi connectivity index (χ1) is 7.22. The molecule has 0 aromatic heterocycles. The zero-order valence-corrected chi connectivity index (χ0v) is 8.57. The topological polar surface area (TPSA) is 37.3 Å². The second kappa shape index (κ2) is 5.15. The molecule has 0 fully saturated rings. The van der Waals surface area contributed by atoms with Crippen molar-refractivity contribution >= 4 is 6.29 Å². The summed E-state index contributed by atoms with van der Waals surface area (Å²) in [5, 5.41) is 9.86. The van der Waals surface area contributed by atoms with E-state index in [0.717, 1.165) is 17.4 Å². The molecule has 1 aromatic rings. The molecule has 1 rings (SSSR count).